The lowest BCUT2D eigenvalue weighted by Crippen LogP contribution is -1.98. The third-order valence-corrected chi connectivity index (χ3v) is 2.17. The predicted octanol–water partition coefficient (Wildman–Crippen LogP) is 3.29. The number of ether oxygens (including phenoxy) is 1. The molecule has 0 saturated carbocycles. The first-order valence-electron chi connectivity index (χ1n) is 3.24. The third-order valence-electron chi connectivity index (χ3n) is 1.33. The van der Waals surface area contributed by atoms with Crippen LogP contribution in [0.1, 0.15) is 12.1 Å². The molecule has 0 atom stereocenters. The van der Waals surface area contributed by atoms with E-state index < -0.39 is 12.1 Å². The molecule has 0 fully saturated rings. The van der Waals surface area contributed by atoms with Gasteiger partial charge < -0.3 is 4.74 Å². The zero-order chi connectivity index (χ0) is 10.0. The third kappa shape index (κ3) is 2.40. The van der Waals surface area contributed by atoms with Crippen LogP contribution in [0.5, 0.6) is 5.75 Å². The fourth-order valence-electron chi connectivity index (χ4n) is 0.841. The highest BCUT2D eigenvalue weighted by Crippen LogP contribution is 2.34. The van der Waals surface area contributed by atoms with Gasteiger partial charge in [-0.2, -0.15) is 0 Å². The van der Waals surface area contributed by atoms with E-state index in [1.165, 1.54) is 13.2 Å². The van der Waals surface area contributed by atoms with Gasteiger partial charge in [0.25, 0.3) is 6.43 Å². The molecule has 0 aliphatic rings. The average molecular weight is 319 g/mol. The molecule has 0 bridgehead atoms. The number of aromatic nitrogens is 1. The molecule has 2 nitrogen and oxygen atoms in total. The van der Waals surface area contributed by atoms with E-state index in [1.807, 2.05) is 22.6 Å². The topological polar surface area (TPSA) is 22.1 Å². The SMILES string of the molecule is COc1c(Cl)cc(I)nc1C(F)F. The quantitative estimate of drug-likeness (QED) is 0.616. The first kappa shape index (κ1) is 10.9. The van der Waals surface area contributed by atoms with Gasteiger partial charge in [0.15, 0.2) is 11.4 Å². The number of rotatable bonds is 2. The van der Waals surface area contributed by atoms with Crippen LogP contribution in [-0.2, 0) is 0 Å². The van der Waals surface area contributed by atoms with Crippen molar-refractivity contribution < 1.29 is 13.5 Å². The normalized spacial score (nSPS) is 10.6. The molecule has 0 spiro atoms. The van der Waals surface area contributed by atoms with Crippen molar-refractivity contribution >= 4 is 34.2 Å². The molecule has 0 N–H and O–H groups in total. The van der Waals surface area contributed by atoms with E-state index in [-0.39, 0.29) is 10.8 Å². The van der Waals surface area contributed by atoms with Crippen LogP contribution in [0, 0.1) is 3.70 Å². The molecule has 0 amide bonds. The second-order valence-electron chi connectivity index (χ2n) is 2.15. The highest BCUT2D eigenvalue weighted by Gasteiger charge is 2.19. The summed E-state index contributed by atoms with van der Waals surface area (Å²) in [6.45, 7) is 0. The summed E-state index contributed by atoms with van der Waals surface area (Å²) in [5, 5.41) is 0.150. The Morgan fingerprint density at radius 1 is 1.62 bits per heavy atom. The van der Waals surface area contributed by atoms with Gasteiger partial charge in [-0.05, 0) is 28.7 Å². The Labute approximate surface area is 92.4 Å². The van der Waals surface area contributed by atoms with Gasteiger partial charge in [-0.1, -0.05) is 11.6 Å². The molecule has 6 heteroatoms. The van der Waals surface area contributed by atoms with Gasteiger partial charge in [0.2, 0.25) is 0 Å². The Morgan fingerprint density at radius 2 is 2.23 bits per heavy atom. The number of pyridine rings is 1. The highest BCUT2D eigenvalue weighted by atomic mass is 127. The molecule has 0 aliphatic carbocycles. The van der Waals surface area contributed by atoms with Gasteiger partial charge in [0, 0.05) is 0 Å². The molecular formula is C7H5ClF2INO. The second-order valence-corrected chi connectivity index (χ2v) is 3.66. The predicted molar refractivity (Wildman–Crippen MR) is 53.5 cm³/mol. The van der Waals surface area contributed by atoms with Crippen LogP contribution >= 0.6 is 34.2 Å². The Bertz CT molecular complexity index is 322. The summed E-state index contributed by atoms with van der Waals surface area (Å²) < 4.78 is 29.9. The van der Waals surface area contributed by atoms with E-state index in [9.17, 15) is 8.78 Å². The maximum absolute atomic E-state index is 12.4. The van der Waals surface area contributed by atoms with Crippen LogP contribution in [0.15, 0.2) is 6.07 Å². The van der Waals surface area contributed by atoms with Gasteiger partial charge in [0.05, 0.1) is 12.1 Å². The lowest BCUT2D eigenvalue weighted by atomic mass is 10.3. The van der Waals surface area contributed by atoms with Crippen molar-refractivity contribution in [1.29, 1.82) is 0 Å². The maximum Gasteiger partial charge on any atom is 0.284 e. The van der Waals surface area contributed by atoms with E-state index >= 15 is 0 Å². The molecular weight excluding hydrogens is 314 g/mol. The van der Waals surface area contributed by atoms with Crippen molar-refractivity contribution in [3.05, 3.63) is 20.5 Å². The second kappa shape index (κ2) is 4.36. The summed E-state index contributed by atoms with van der Waals surface area (Å²) in [7, 11) is 1.28. The summed E-state index contributed by atoms with van der Waals surface area (Å²) >= 11 is 7.49. The number of hydrogen-bond donors (Lipinski definition) is 0. The minimum absolute atomic E-state index is 0.0583. The molecule has 1 heterocycles. The first-order valence-corrected chi connectivity index (χ1v) is 4.70. The number of hydrogen-bond acceptors (Lipinski definition) is 2. The molecule has 0 unspecified atom stereocenters. The molecule has 0 aromatic carbocycles. The number of methoxy groups -OCH3 is 1. The fraction of sp³-hybridized carbons (Fsp3) is 0.286. The summed E-state index contributed by atoms with van der Waals surface area (Å²) in [5.41, 5.74) is -0.417. The van der Waals surface area contributed by atoms with Gasteiger partial charge in [-0.25, -0.2) is 13.8 Å². The van der Waals surface area contributed by atoms with Crippen molar-refractivity contribution in [1.82, 2.24) is 4.98 Å². The van der Waals surface area contributed by atoms with Crippen molar-refractivity contribution in [2.24, 2.45) is 0 Å². The minimum Gasteiger partial charge on any atom is -0.493 e. The lowest BCUT2D eigenvalue weighted by Gasteiger charge is -2.08. The number of nitrogens with zero attached hydrogens (tertiary/aromatic N) is 1. The smallest absolute Gasteiger partial charge is 0.284 e. The van der Waals surface area contributed by atoms with E-state index in [1.54, 1.807) is 0 Å². The largest absolute Gasteiger partial charge is 0.493 e. The summed E-state index contributed by atoms with van der Waals surface area (Å²) in [4.78, 5) is 3.63. The lowest BCUT2D eigenvalue weighted by molar-refractivity contribution is 0.141. The summed E-state index contributed by atoms with van der Waals surface area (Å²) in [6.07, 6.45) is -2.68. The van der Waals surface area contributed by atoms with Crippen LogP contribution in [0.3, 0.4) is 0 Å². The Hall–Kier alpha value is -0.170. The summed E-state index contributed by atoms with van der Waals surface area (Å²) in [6, 6.07) is 1.47. The van der Waals surface area contributed by atoms with Crippen LogP contribution in [0.4, 0.5) is 8.78 Å². The van der Waals surface area contributed by atoms with Crippen LogP contribution in [-0.4, -0.2) is 12.1 Å². The van der Waals surface area contributed by atoms with Crippen LogP contribution in [0.2, 0.25) is 5.02 Å². The van der Waals surface area contributed by atoms with Gasteiger partial charge >= 0.3 is 0 Å². The minimum atomic E-state index is -2.68. The standard InChI is InChI=1S/C7H5ClF2INO/c1-13-6-3(8)2-4(11)12-5(6)7(9)10/h2,7H,1H3. The van der Waals surface area contributed by atoms with E-state index in [0.717, 1.165) is 0 Å². The Balaban J connectivity index is 3.29. The number of alkyl halides is 2. The fourth-order valence-corrected chi connectivity index (χ4v) is 1.87. The molecule has 1 rings (SSSR count). The maximum atomic E-state index is 12.4. The van der Waals surface area contributed by atoms with Crippen LogP contribution < -0.4 is 4.74 Å². The van der Waals surface area contributed by atoms with Crippen molar-refractivity contribution in [3.63, 3.8) is 0 Å². The Kier molecular flexibility index (Phi) is 3.66. The molecule has 1 aromatic heterocycles. The molecule has 13 heavy (non-hydrogen) atoms. The molecule has 72 valence electrons. The van der Waals surface area contributed by atoms with E-state index in [2.05, 4.69) is 4.98 Å². The van der Waals surface area contributed by atoms with Crippen molar-refractivity contribution in [2.75, 3.05) is 7.11 Å². The van der Waals surface area contributed by atoms with E-state index in [4.69, 9.17) is 16.3 Å². The van der Waals surface area contributed by atoms with Crippen molar-refractivity contribution in [3.8, 4) is 5.75 Å². The van der Waals surface area contributed by atoms with Gasteiger partial charge in [-0.3, -0.25) is 0 Å². The molecule has 0 aliphatic heterocycles. The first-order chi connectivity index (χ1) is 6.06. The average Bonchev–Trinajstić information content (AvgIpc) is 2.02. The molecule has 0 radical (unpaired) electrons. The van der Waals surface area contributed by atoms with Gasteiger partial charge in [-0.15, -0.1) is 0 Å². The Morgan fingerprint density at radius 3 is 2.69 bits per heavy atom. The number of halogens is 4. The monoisotopic (exact) mass is 319 g/mol. The van der Waals surface area contributed by atoms with Crippen LogP contribution in [0.25, 0.3) is 0 Å². The highest BCUT2D eigenvalue weighted by molar-refractivity contribution is 14.1. The van der Waals surface area contributed by atoms with E-state index in [0.29, 0.717) is 3.70 Å². The summed E-state index contributed by atoms with van der Waals surface area (Å²) in [5.74, 6) is -0.0583. The molecule has 1 aromatic rings. The zero-order valence-electron chi connectivity index (χ0n) is 6.52. The molecule has 0 saturated heterocycles. The van der Waals surface area contributed by atoms with Crippen molar-refractivity contribution in [2.45, 2.75) is 6.43 Å². The zero-order valence-corrected chi connectivity index (χ0v) is 9.44. The van der Waals surface area contributed by atoms with Gasteiger partial charge in [0.1, 0.15) is 3.70 Å².